The van der Waals surface area contributed by atoms with Crippen LogP contribution in [0.2, 0.25) is 5.02 Å². The highest BCUT2D eigenvalue weighted by atomic mass is 35.5. The predicted octanol–water partition coefficient (Wildman–Crippen LogP) is 2.31. The van der Waals surface area contributed by atoms with Gasteiger partial charge in [-0.2, -0.15) is 0 Å². The van der Waals surface area contributed by atoms with Crippen LogP contribution in [0.5, 0.6) is 5.75 Å². The van der Waals surface area contributed by atoms with Crippen molar-refractivity contribution in [3.05, 3.63) is 27.8 Å². The average Bonchev–Trinajstić information content (AvgIpc) is 2.85. The van der Waals surface area contributed by atoms with Crippen molar-refractivity contribution < 1.29 is 5.11 Å². The molecule has 0 aliphatic carbocycles. The van der Waals surface area contributed by atoms with Crippen LogP contribution < -0.4 is 5.32 Å². The first-order chi connectivity index (χ1) is 6.11. The quantitative estimate of drug-likeness (QED) is 0.679. The molecule has 1 atom stereocenters. The van der Waals surface area contributed by atoms with Gasteiger partial charge in [-0.05, 0) is 31.0 Å². The van der Waals surface area contributed by atoms with Gasteiger partial charge in [0.05, 0.1) is 0 Å². The van der Waals surface area contributed by atoms with Crippen LogP contribution in [-0.4, -0.2) is 11.7 Å². The molecule has 0 spiro atoms. The van der Waals surface area contributed by atoms with E-state index >= 15 is 0 Å². The fraction of sp³-hybridized carbons (Fsp3) is 0.400. The number of phenols is 1. The zero-order chi connectivity index (χ0) is 9.59. The molecule has 0 saturated carbocycles. The van der Waals surface area contributed by atoms with Crippen molar-refractivity contribution in [1.82, 2.24) is 5.32 Å². The van der Waals surface area contributed by atoms with Gasteiger partial charge in [0, 0.05) is 23.2 Å². The molecule has 0 amide bonds. The number of aromatic hydroxyl groups is 1. The topological polar surface area (TPSA) is 42.2 Å². The molecule has 2 N–H and O–H groups in total. The monoisotopic (exact) mass is 197 g/mol. The number of aryl methyl sites for hydroxylation is 1. The molecule has 1 aromatic rings. The normalized spacial score (nSPS) is 20.4. The van der Waals surface area contributed by atoms with Gasteiger partial charge in [-0.25, -0.2) is 0 Å². The number of halogens is 1. The second-order valence-electron chi connectivity index (χ2n) is 3.52. The third kappa shape index (κ3) is 1.40. The summed E-state index contributed by atoms with van der Waals surface area (Å²) in [5.74, 6) is 0.386. The minimum Gasteiger partial charge on any atom is -0.507 e. The van der Waals surface area contributed by atoms with Crippen molar-refractivity contribution in [2.24, 2.45) is 0 Å². The molecule has 2 nitrogen and oxygen atoms in total. The van der Waals surface area contributed by atoms with Crippen molar-refractivity contribution in [1.29, 1.82) is 0 Å². The molecule has 1 aromatic carbocycles. The third-order valence-electron chi connectivity index (χ3n) is 2.49. The second-order valence-corrected chi connectivity index (χ2v) is 3.93. The Morgan fingerprint density at radius 2 is 2.15 bits per heavy atom. The van der Waals surface area contributed by atoms with Crippen LogP contribution >= 0.6 is 11.6 Å². The molecule has 1 saturated heterocycles. The van der Waals surface area contributed by atoms with E-state index in [4.69, 9.17) is 11.6 Å². The van der Waals surface area contributed by atoms with Crippen LogP contribution in [0.3, 0.4) is 0 Å². The lowest BCUT2D eigenvalue weighted by molar-refractivity contribution is 0.463. The Morgan fingerprint density at radius 3 is 2.69 bits per heavy atom. The van der Waals surface area contributed by atoms with Gasteiger partial charge in [-0.1, -0.05) is 11.6 Å². The van der Waals surface area contributed by atoms with E-state index in [1.54, 1.807) is 6.07 Å². The summed E-state index contributed by atoms with van der Waals surface area (Å²) in [6.07, 6.45) is 0. The van der Waals surface area contributed by atoms with Gasteiger partial charge in [-0.3, -0.25) is 0 Å². The maximum absolute atomic E-state index is 9.81. The van der Waals surface area contributed by atoms with Gasteiger partial charge in [0.15, 0.2) is 0 Å². The first kappa shape index (κ1) is 8.85. The summed E-state index contributed by atoms with van der Waals surface area (Å²) >= 11 is 6.02. The summed E-state index contributed by atoms with van der Waals surface area (Å²) in [5.41, 5.74) is 2.80. The summed E-state index contributed by atoms with van der Waals surface area (Å²) in [7, 11) is 0. The van der Waals surface area contributed by atoms with E-state index in [0.717, 1.165) is 28.3 Å². The van der Waals surface area contributed by atoms with Crippen molar-refractivity contribution in [3.8, 4) is 5.75 Å². The molecular weight excluding hydrogens is 186 g/mol. The summed E-state index contributed by atoms with van der Waals surface area (Å²) in [4.78, 5) is 0. The largest absolute Gasteiger partial charge is 0.507 e. The molecule has 1 aliphatic rings. The van der Waals surface area contributed by atoms with E-state index in [0.29, 0.717) is 11.8 Å². The highest BCUT2D eigenvalue weighted by Crippen LogP contribution is 2.38. The Balaban J connectivity index is 2.62. The van der Waals surface area contributed by atoms with E-state index in [9.17, 15) is 5.11 Å². The van der Waals surface area contributed by atoms with Crippen LogP contribution in [0.15, 0.2) is 6.07 Å². The molecule has 0 bridgehead atoms. The van der Waals surface area contributed by atoms with E-state index in [1.807, 2.05) is 13.8 Å². The summed E-state index contributed by atoms with van der Waals surface area (Å²) < 4.78 is 0. The molecule has 0 aromatic heterocycles. The van der Waals surface area contributed by atoms with Crippen LogP contribution in [-0.2, 0) is 0 Å². The first-order valence-electron chi connectivity index (χ1n) is 4.33. The van der Waals surface area contributed by atoms with Crippen LogP contribution in [0.25, 0.3) is 0 Å². The highest BCUT2D eigenvalue weighted by Gasteiger charge is 2.28. The zero-order valence-electron chi connectivity index (χ0n) is 7.69. The Kier molecular flexibility index (Phi) is 1.97. The van der Waals surface area contributed by atoms with Crippen molar-refractivity contribution in [3.63, 3.8) is 0 Å². The van der Waals surface area contributed by atoms with Gasteiger partial charge in [0.1, 0.15) is 5.75 Å². The summed E-state index contributed by atoms with van der Waals surface area (Å²) in [6, 6.07) is 2.11. The Bertz CT molecular complexity index is 332. The minimum absolute atomic E-state index is 0.303. The Labute approximate surface area is 82.5 Å². The Hall–Kier alpha value is -0.730. The van der Waals surface area contributed by atoms with E-state index in [2.05, 4.69) is 5.32 Å². The predicted molar refractivity (Wildman–Crippen MR) is 53.3 cm³/mol. The standard InChI is InChI=1S/C10H12ClNO/c1-5-3-7(11)6(2)9(10(5)13)8-4-12-8/h3,8,12-13H,4H2,1-2H3/t8-/m1/s1. The molecule has 13 heavy (non-hydrogen) atoms. The highest BCUT2D eigenvalue weighted by molar-refractivity contribution is 6.31. The van der Waals surface area contributed by atoms with Crippen molar-refractivity contribution in [2.75, 3.05) is 6.54 Å². The van der Waals surface area contributed by atoms with Gasteiger partial charge >= 0.3 is 0 Å². The van der Waals surface area contributed by atoms with Gasteiger partial charge in [0.2, 0.25) is 0 Å². The van der Waals surface area contributed by atoms with Crippen molar-refractivity contribution >= 4 is 11.6 Å². The van der Waals surface area contributed by atoms with Gasteiger partial charge < -0.3 is 10.4 Å². The average molecular weight is 198 g/mol. The molecule has 1 heterocycles. The molecular formula is C10H12ClNO. The van der Waals surface area contributed by atoms with E-state index in [-0.39, 0.29) is 0 Å². The maximum Gasteiger partial charge on any atom is 0.123 e. The number of benzene rings is 1. The lowest BCUT2D eigenvalue weighted by Crippen LogP contribution is -1.93. The fourth-order valence-corrected chi connectivity index (χ4v) is 1.84. The molecule has 3 heteroatoms. The zero-order valence-corrected chi connectivity index (χ0v) is 8.44. The second kappa shape index (κ2) is 2.89. The van der Waals surface area contributed by atoms with Gasteiger partial charge in [-0.15, -0.1) is 0 Å². The lowest BCUT2D eigenvalue weighted by Gasteiger charge is -2.10. The third-order valence-corrected chi connectivity index (χ3v) is 2.88. The van der Waals surface area contributed by atoms with Gasteiger partial charge in [0.25, 0.3) is 0 Å². The van der Waals surface area contributed by atoms with E-state index in [1.165, 1.54) is 0 Å². The van der Waals surface area contributed by atoms with Crippen molar-refractivity contribution in [2.45, 2.75) is 19.9 Å². The number of nitrogens with one attached hydrogen (secondary N) is 1. The molecule has 0 radical (unpaired) electrons. The molecule has 70 valence electrons. The molecule has 0 unspecified atom stereocenters. The molecule has 2 rings (SSSR count). The van der Waals surface area contributed by atoms with E-state index < -0.39 is 0 Å². The SMILES string of the molecule is Cc1cc(Cl)c(C)c([C@H]2CN2)c1O. The number of phenolic OH excluding ortho intramolecular Hbond substituents is 1. The summed E-state index contributed by atoms with van der Waals surface area (Å²) in [5, 5.41) is 13.7. The summed E-state index contributed by atoms with van der Waals surface area (Å²) in [6.45, 7) is 4.75. The minimum atomic E-state index is 0.303. The first-order valence-corrected chi connectivity index (χ1v) is 4.71. The number of rotatable bonds is 1. The lowest BCUT2D eigenvalue weighted by atomic mass is 10.0. The van der Waals surface area contributed by atoms with Crippen LogP contribution in [0, 0.1) is 13.8 Å². The Morgan fingerprint density at radius 1 is 1.54 bits per heavy atom. The number of hydrogen-bond acceptors (Lipinski definition) is 2. The molecule has 1 fully saturated rings. The maximum atomic E-state index is 9.81. The van der Waals surface area contributed by atoms with Crippen LogP contribution in [0.4, 0.5) is 0 Å². The van der Waals surface area contributed by atoms with Crippen LogP contribution in [0.1, 0.15) is 22.7 Å². The number of hydrogen-bond donors (Lipinski definition) is 2. The molecule has 1 aliphatic heterocycles. The smallest absolute Gasteiger partial charge is 0.123 e. The fourth-order valence-electron chi connectivity index (χ4n) is 1.57.